The van der Waals surface area contributed by atoms with Gasteiger partial charge in [0.15, 0.2) is 0 Å². The minimum absolute atomic E-state index is 0.106. The molecule has 2 aromatic heterocycles. The lowest BCUT2D eigenvalue weighted by Crippen LogP contribution is -2.17. The lowest BCUT2D eigenvalue weighted by atomic mass is 10.1. The van der Waals surface area contributed by atoms with Gasteiger partial charge in [0.2, 0.25) is 0 Å². The van der Waals surface area contributed by atoms with Gasteiger partial charge >= 0.3 is 5.97 Å². The van der Waals surface area contributed by atoms with Gasteiger partial charge < -0.3 is 10.1 Å². The summed E-state index contributed by atoms with van der Waals surface area (Å²) in [7, 11) is 0. The predicted octanol–water partition coefficient (Wildman–Crippen LogP) is 3.28. The fraction of sp³-hybridized carbons (Fsp3) is 0.222. The highest BCUT2D eigenvalue weighted by Crippen LogP contribution is 2.29. The van der Waals surface area contributed by atoms with Crippen molar-refractivity contribution in [1.82, 2.24) is 9.38 Å². The number of benzene rings is 1. The van der Waals surface area contributed by atoms with E-state index >= 15 is 0 Å². The number of nitrogens with one attached hydrogen (secondary N) is 1. The number of nitrogens with zero attached hydrogens (tertiary/aromatic N) is 2. The SMILES string of the molecule is CCOC(=O)CNc1c(-c2cccc(C)c2)nc2ccccn12. The number of aromatic nitrogens is 2. The van der Waals surface area contributed by atoms with E-state index in [0.29, 0.717) is 6.61 Å². The Hall–Kier alpha value is -2.82. The smallest absolute Gasteiger partial charge is 0.325 e. The van der Waals surface area contributed by atoms with Crippen molar-refractivity contribution < 1.29 is 9.53 Å². The molecule has 1 N–H and O–H groups in total. The molecule has 0 radical (unpaired) electrons. The van der Waals surface area contributed by atoms with Crippen LogP contribution in [0.25, 0.3) is 16.9 Å². The summed E-state index contributed by atoms with van der Waals surface area (Å²) in [4.78, 5) is 16.4. The number of ether oxygens (including phenoxy) is 1. The van der Waals surface area contributed by atoms with E-state index in [2.05, 4.69) is 11.4 Å². The molecule has 5 nitrogen and oxygen atoms in total. The number of pyridine rings is 1. The number of esters is 1. The molecule has 5 heteroatoms. The van der Waals surface area contributed by atoms with E-state index in [1.54, 1.807) is 6.92 Å². The van der Waals surface area contributed by atoms with E-state index in [-0.39, 0.29) is 12.5 Å². The highest BCUT2D eigenvalue weighted by Gasteiger charge is 2.15. The van der Waals surface area contributed by atoms with Crippen LogP contribution in [0.15, 0.2) is 48.7 Å². The molecule has 0 aliphatic carbocycles. The number of fused-ring (bicyclic) bond motifs is 1. The van der Waals surface area contributed by atoms with Crippen molar-refractivity contribution in [3.8, 4) is 11.3 Å². The molecule has 0 bridgehead atoms. The first kappa shape index (κ1) is 15.1. The number of hydrogen-bond donors (Lipinski definition) is 1. The van der Waals surface area contributed by atoms with Crippen LogP contribution in [-0.2, 0) is 9.53 Å². The van der Waals surface area contributed by atoms with Crippen LogP contribution in [0.5, 0.6) is 0 Å². The van der Waals surface area contributed by atoms with E-state index in [1.165, 1.54) is 0 Å². The lowest BCUT2D eigenvalue weighted by Gasteiger charge is -2.08. The van der Waals surface area contributed by atoms with Crippen molar-refractivity contribution >= 4 is 17.4 Å². The number of carbonyl (C=O) groups is 1. The van der Waals surface area contributed by atoms with Gasteiger partial charge in [-0.2, -0.15) is 0 Å². The molecule has 118 valence electrons. The van der Waals surface area contributed by atoms with Gasteiger partial charge in [-0.15, -0.1) is 0 Å². The Morgan fingerprint density at radius 1 is 1.26 bits per heavy atom. The monoisotopic (exact) mass is 309 g/mol. The predicted molar refractivity (Wildman–Crippen MR) is 90.5 cm³/mol. The molecule has 0 fully saturated rings. The third kappa shape index (κ3) is 3.18. The summed E-state index contributed by atoms with van der Waals surface area (Å²) in [6, 6.07) is 14.0. The van der Waals surface area contributed by atoms with E-state index < -0.39 is 0 Å². The van der Waals surface area contributed by atoms with Gasteiger partial charge in [0.1, 0.15) is 23.7 Å². The topological polar surface area (TPSA) is 55.6 Å². The van der Waals surface area contributed by atoms with Crippen LogP contribution in [0.2, 0.25) is 0 Å². The third-order valence-corrected chi connectivity index (χ3v) is 3.53. The van der Waals surface area contributed by atoms with Crippen LogP contribution in [0, 0.1) is 6.92 Å². The first-order chi connectivity index (χ1) is 11.2. The second kappa shape index (κ2) is 6.52. The molecular weight excluding hydrogens is 290 g/mol. The van der Waals surface area contributed by atoms with E-state index in [0.717, 1.165) is 28.3 Å². The molecular formula is C18H19N3O2. The summed E-state index contributed by atoms with van der Waals surface area (Å²) in [5.41, 5.74) is 3.83. The minimum atomic E-state index is -0.284. The summed E-state index contributed by atoms with van der Waals surface area (Å²) >= 11 is 0. The maximum absolute atomic E-state index is 11.7. The van der Waals surface area contributed by atoms with Crippen LogP contribution in [-0.4, -0.2) is 28.5 Å². The normalized spacial score (nSPS) is 10.7. The van der Waals surface area contributed by atoms with Crippen molar-refractivity contribution in [2.75, 3.05) is 18.5 Å². The Kier molecular flexibility index (Phi) is 4.28. The Labute approximate surface area is 134 Å². The van der Waals surface area contributed by atoms with Crippen LogP contribution < -0.4 is 5.32 Å². The average molecular weight is 309 g/mol. The Balaban J connectivity index is 2.03. The van der Waals surface area contributed by atoms with Crippen LogP contribution in [0.3, 0.4) is 0 Å². The summed E-state index contributed by atoms with van der Waals surface area (Å²) in [6.45, 7) is 4.32. The maximum atomic E-state index is 11.7. The average Bonchev–Trinajstić information content (AvgIpc) is 2.92. The first-order valence-corrected chi connectivity index (χ1v) is 7.62. The Morgan fingerprint density at radius 2 is 2.13 bits per heavy atom. The quantitative estimate of drug-likeness (QED) is 0.735. The number of anilines is 1. The molecule has 0 unspecified atom stereocenters. The Bertz CT molecular complexity index is 839. The van der Waals surface area contributed by atoms with Gasteiger partial charge in [0.25, 0.3) is 0 Å². The molecule has 1 aromatic carbocycles. The summed E-state index contributed by atoms with van der Waals surface area (Å²) in [5, 5.41) is 3.16. The number of hydrogen-bond acceptors (Lipinski definition) is 4. The van der Waals surface area contributed by atoms with E-state index in [4.69, 9.17) is 9.72 Å². The zero-order chi connectivity index (χ0) is 16.2. The summed E-state index contributed by atoms with van der Waals surface area (Å²) in [5.74, 6) is 0.507. The largest absolute Gasteiger partial charge is 0.465 e. The van der Waals surface area contributed by atoms with Crippen molar-refractivity contribution in [2.24, 2.45) is 0 Å². The number of rotatable bonds is 5. The number of carbonyl (C=O) groups excluding carboxylic acids is 1. The van der Waals surface area contributed by atoms with Gasteiger partial charge in [-0.3, -0.25) is 9.20 Å². The molecule has 0 amide bonds. The van der Waals surface area contributed by atoms with E-state index in [9.17, 15) is 4.79 Å². The van der Waals surface area contributed by atoms with Crippen LogP contribution in [0.4, 0.5) is 5.82 Å². The molecule has 0 saturated heterocycles. The van der Waals surface area contributed by atoms with Crippen LogP contribution in [0.1, 0.15) is 12.5 Å². The zero-order valence-corrected chi connectivity index (χ0v) is 13.2. The van der Waals surface area contributed by atoms with Gasteiger partial charge in [-0.05, 0) is 32.0 Å². The van der Waals surface area contributed by atoms with Crippen molar-refractivity contribution in [1.29, 1.82) is 0 Å². The van der Waals surface area contributed by atoms with Crippen LogP contribution >= 0.6 is 0 Å². The highest BCUT2D eigenvalue weighted by atomic mass is 16.5. The fourth-order valence-corrected chi connectivity index (χ4v) is 2.53. The van der Waals surface area contributed by atoms with Crippen molar-refractivity contribution in [2.45, 2.75) is 13.8 Å². The molecule has 0 saturated carbocycles. The summed E-state index contributed by atoms with van der Waals surface area (Å²) in [6.07, 6.45) is 1.93. The molecule has 0 atom stereocenters. The standard InChI is InChI=1S/C18H19N3O2/c1-3-23-16(22)12-19-18-17(14-8-6-7-13(2)11-14)20-15-9-4-5-10-21(15)18/h4-11,19H,3,12H2,1-2H3. The number of aryl methyl sites for hydroxylation is 1. The van der Waals surface area contributed by atoms with Crippen molar-refractivity contribution in [3.63, 3.8) is 0 Å². The van der Waals surface area contributed by atoms with E-state index in [1.807, 2.05) is 53.9 Å². The second-order valence-corrected chi connectivity index (χ2v) is 5.27. The van der Waals surface area contributed by atoms with Gasteiger partial charge in [-0.1, -0.05) is 29.8 Å². The molecule has 0 spiro atoms. The molecule has 0 aliphatic heterocycles. The molecule has 2 heterocycles. The fourth-order valence-electron chi connectivity index (χ4n) is 2.53. The molecule has 0 aliphatic rings. The molecule has 3 rings (SSSR count). The maximum Gasteiger partial charge on any atom is 0.325 e. The highest BCUT2D eigenvalue weighted by molar-refractivity contribution is 5.81. The number of imidazole rings is 1. The van der Waals surface area contributed by atoms with Gasteiger partial charge in [0.05, 0.1) is 6.61 Å². The van der Waals surface area contributed by atoms with Crippen molar-refractivity contribution in [3.05, 3.63) is 54.2 Å². The summed E-state index contributed by atoms with van der Waals surface area (Å²) < 4.78 is 6.93. The zero-order valence-electron chi connectivity index (χ0n) is 13.2. The molecule has 3 aromatic rings. The van der Waals surface area contributed by atoms with Gasteiger partial charge in [0, 0.05) is 11.8 Å². The third-order valence-electron chi connectivity index (χ3n) is 3.53. The lowest BCUT2D eigenvalue weighted by molar-refractivity contribution is -0.140. The molecule has 23 heavy (non-hydrogen) atoms. The second-order valence-electron chi connectivity index (χ2n) is 5.27. The van der Waals surface area contributed by atoms with Gasteiger partial charge in [-0.25, -0.2) is 4.98 Å². The first-order valence-electron chi connectivity index (χ1n) is 7.62. The minimum Gasteiger partial charge on any atom is -0.465 e. The Morgan fingerprint density at radius 3 is 2.91 bits per heavy atom.